The van der Waals surface area contributed by atoms with Crippen LogP contribution in [0.1, 0.15) is 22.7 Å². The Morgan fingerprint density at radius 3 is 2.20 bits per heavy atom. The summed E-state index contributed by atoms with van der Waals surface area (Å²) < 4.78 is 24.6. The quantitative estimate of drug-likeness (QED) is 0.231. The molecular weight excluding hydrogens is 531 g/mol. The Morgan fingerprint density at radius 2 is 1.52 bits per heavy atom. The van der Waals surface area contributed by atoms with Crippen molar-refractivity contribution in [3.8, 4) is 11.5 Å². The number of para-hydroxylation sites is 1. The molecule has 1 N–H and O–H groups in total. The third-order valence-corrected chi connectivity index (χ3v) is 6.63. The van der Waals surface area contributed by atoms with Crippen LogP contribution in [-0.4, -0.2) is 37.0 Å². The number of hydrogen-bond acceptors (Lipinski definition) is 4. The van der Waals surface area contributed by atoms with E-state index in [1.54, 1.807) is 55.6 Å². The van der Waals surface area contributed by atoms with E-state index < -0.39 is 11.9 Å². The van der Waals surface area contributed by atoms with Crippen LogP contribution in [0.2, 0.25) is 5.02 Å². The number of methoxy groups -OCH3 is 1. The van der Waals surface area contributed by atoms with Crippen LogP contribution in [0.5, 0.6) is 11.5 Å². The van der Waals surface area contributed by atoms with E-state index in [2.05, 4.69) is 5.32 Å². The number of nitrogens with one attached hydrogen (secondary N) is 1. The number of carbonyl (C=O) groups is 2. The van der Waals surface area contributed by atoms with Crippen LogP contribution in [0, 0.1) is 5.82 Å². The highest BCUT2D eigenvalue weighted by Gasteiger charge is 2.31. The van der Waals surface area contributed by atoms with Crippen LogP contribution in [0.4, 0.5) is 4.39 Å². The van der Waals surface area contributed by atoms with E-state index in [0.717, 1.165) is 11.3 Å². The van der Waals surface area contributed by atoms with Crippen molar-refractivity contribution in [2.45, 2.75) is 19.0 Å². The molecule has 0 spiro atoms. The topological polar surface area (TPSA) is 67.9 Å². The summed E-state index contributed by atoms with van der Waals surface area (Å²) in [7, 11) is 1.61. The molecule has 0 radical (unpaired) electrons. The second-order valence-corrected chi connectivity index (χ2v) is 9.48. The van der Waals surface area contributed by atoms with E-state index in [0.29, 0.717) is 34.9 Å². The normalized spacial score (nSPS) is 11.4. The van der Waals surface area contributed by atoms with Gasteiger partial charge in [-0.15, -0.1) is 0 Å². The van der Waals surface area contributed by atoms with Crippen LogP contribution in [0.25, 0.3) is 0 Å². The number of amides is 2. The Labute approximate surface area is 238 Å². The van der Waals surface area contributed by atoms with Crippen molar-refractivity contribution in [1.82, 2.24) is 10.2 Å². The number of carbonyl (C=O) groups excluding carboxylic acids is 2. The Hall–Kier alpha value is -4.36. The molecule has 0 aliphatic rings. The second kappa shape index (κ2) is 14.1. The summed E-state index contributed by atoms with van der Waals surface area (Å²) in [6.45, 7) is 0.0903. The molecule has 6 nitrogen and oxygen atoms in total. The number of rotatable bonds is 12. The maximum atomic E-state index is 13.7. The maximum absolute atomic E-state index is 13.7. The molecule has 0 bridgehead atoms. The third kappa shape index (κ3) is 7.83. The van der Waals surface area contributed by atoms with Gasteiger partial charge in [-0.1, -0.05) is 78.3 Å². The monoisotopic (exact) mass is 560 g/mol. The van der Waals surface area contributed by atoms with Crippen LogP contribution in [-0.2, 0) is 22.6 Å². The second-order valence-electron chi connectivity index (χ2n) is 9.07. The van der Waals surface area contributed by atoms with E-state index in [1.807, 2.05) is 42.5 Å². The molecule has 4 aromatic rings. The number of halogens is 2. The molecule has 1 atom stereocenters. The fourth-order valence-electron chi connectivity index (χ4n) is 4.22. The molecule has 4 aromatic carbocycles. The minimum atomic E-state index is -0.954. The Morgan fingerprint density at radius 1 is 0.875 bits per heavy atom. The van der Waals surface area contributed by atoms with E-state index in [4.69, 9.17) is 21.1 Å². The summed E-state index contributed by atoms with van der Waals surface area (Å²) in [5.41, 5.74) is 2.34. The van der Waals surface area contributed by atoms with Gasteiger partial charge in [0.1, 0.15) is 23.4 Å². The summed E-state index contributed by atoms with van der Waals surface area (Å²) in [6.07, 6.45) is 0.596. The minimum Gasteiger partial charge on any atom is -0.497 e. The Kier molecular flexibility index (Phi) is 10.1. The summed E-state index contributed by atoms with van der Waals surface area (Å²) in [5, 5.41) is 3.36. The fourth-order valence-corrected chi connectivity index (χ4v) is 4.41. The SMILES string of the molecule is COc1ccc(CCNC(=O)C(c2ccccc2)N(Cc2ccc(F)cc2)C(=O)COc2ccccc2Cl)cc1. The van der Waals surface area contributed by atoms with Gasteiger partial charge < -0.3 is 19.7 Å². The lowest BCUT2D eigenvalue weighted by Gasteiger charge is -2.31. The fraction of sp³-hybridized carbons (Fsp3) is 0.188. The molecule has 40 heavy (non-hydrogen) atoms. The van der Waals surface area contributed by atoms with Crippen molar-refractivity contribution in [3.05, 3.63) is 131 Å². The molecule has 0 fully saturated rings. The van der Waals surface area contributed by atoms with Crippen LogP contribution in [0.3, 0.4) is 0 Å². The Balaban J connectivity index is 1.57. The van der Waals surface area contributed by atoms with Gasteiger partial charge >= 0.3 is 0 Å². The third-order valence-electron chi connectivity index (χ3n) is 6.32. The number of benzene rings is 4. The first kappa shape index (κ1) is 28.6. The molecule has 0 saturated carbocycles. The van der Waals surface area contributed by atoms with E-state index in [-0.39, 0.29) is 24.9 Å². The molecule has 0 aliphatic heterocycles. The van der Waals surface area contributed by atoms with Gasteiger partial charge in [-0.3, -0.25) is 9.59 Å². The predicted octanol–water partition coefficient (Wildman–Crippen LogP) is 6.00. The first-order chi connectivity index (χ1) is 19.4. The molecule has 206 valence electrons. The van der Waals surface area contributed by atoms with E-state index >= 15 is 0 Å². The maximum Gasteiger partial charge on any atom is 0.261 e. The summed E-state index contributed by atoms with van der Waals surface area (Å²) in [4.78, 5) is 28.8. The van der Waals surface area contributed by atoms with Gasteiger partial charge in [-0.25, -0.2) is 4.39 Å². The molecule has 8 heteroatoms. The predicted molar refractivity (Wildman–Crippen MR) is 153 cm³/mol. The Bertz CT molecular complexity index is 1400. The van der Waals surface area contributed by atoms with Gasteiger partial charge in [-0.2, -0.15) is 0 Å². The van der Waals surface area contributed by atoms with Crippen LogP contribution < -0.4 is 14.8 Å². The van der Waals surface area contributed by atoms with Crippen molar-refractivity contribution in [3.63, 3.8) is 0 Å². The van der Waals surface area contributed by atoms with Crippen molar-refractivity contribution in [2.75, 3.05) is 20.3 Å². The summed E-state index contributed by atoms with van der Waals surface area (Å²) >= 11 is 6.21. The molecular formula is C32H30ClFN2O4. The van der Waals surface area contributed by atoms with Gasteiger partial charge in [0.15, 0.2) is 6.61 Å². The van der Waals surface area contributed by atoms with Gasteiger partial charge in [-0.05, 0) is 59.5 Å². The highest BCUT2D eigenvalue weighted by Crippen LogP contribution is 2.26. The van der Waals surface area contributed by atoms with Crippen molar-refractivity contribution in [1.29, 1.82) is 0 Å². The molecule has 1 unspecified atom stereocenters. The summed E-state index contributed by atoms with van der Waals surface area (Å²) in [5.74, 6) is -0.0405. The molecule has 2 amide bonds. The first-order valence-electron chi connectivity index (χ1n) is 12.8. The molecule has 0 aromatic heterocycles. The van der Waals surface area contributed by atoms with Gasteiger partial charge in [0, 0.05) is 13.1 Å². The standard InChI is InChI=1S/C32H30ClFN2O4/c1-39-27-17-13-23(14-18-27)19-20-35-32(38)31(25-7-3-2-4-8-25)36(21-24-11-15-26(34)16-12-24)30(37)22-40-29-10-6-5-9-28(29)33/h2-18,31H,19-22H2,1H3,(H,35,38). The zero-order valence-corrected chi connectivity index (χ0v) is 22.8. The zero-order chi connectivity index (χ0) is 28.3. The van der Waals surface area contributed by atoms with E-state index in [1.165, 1.54) is 17.0 Å². The molecule has 4 rings (SSSR count). The van der Waals surface area contributed by atoms with Crippen molar-refractivity contribution >= 4 is 23.4 Å². The highest BCUT2D eigenvalue weighted by atomic mass is 35.5. The average molecular weight is 561 g/mol. The average Bonchev–Trinajstić information content (AvgIpc) is 2.98. The smallest absolute Gasteiger partial charge is 0.261 e. The van der Waals surface area contributed by atoms with Gasteiger partial charge in [0.2, 0.25) is 5.91 Å². The number of nitrogens with zero attached hydrogens (tertiary/aromatic N) is 1. The van der Waals surface area contributed by atoms with E-state index in [9.17, 15) is 14.0 Å². The first-order valence-corrected chi connectivity index (χ1v) is 13.2. The molecule has 0 saturated heterocycles. The lowest BCUT2D eigenvalue weighted by Crippen LogP contribution is -2.45. The largest absolute Gasteiger partial charge is 0.497 e. The minimum absolute atomic E-state index is 0.0659. The number of hydrogen-bond donors (Lipinski definition) is 1. The molecule has 0 aliphatic carbocycles. The lowest BCUT2D eigenvalue weighted by atomic mass is 10.0. The molecule has 0 heterocycles. The van der Waals surface area contributed by atoms with Crippen molar-refractivity contribution < 1.29 is 23.5 Å². The lowest BCUT2D eigenvalue weighted by molar-refractivity contribution is -0.143. The van der Waals surface area contributed by atoms with Crippen LogP contribution >= 0.6 is 11.6 Å². The zero-order valence-electron chi connectivity index (χ0n) is 22.1. The van der Waals surface area contributed by atoms with Crippen molar-refractivity contribution in [2.24, 2.45) is 0 Å². The van der Waals surface area contributed by atoms with Gasteiger partial charge in [0.25, 0.3) is 5.91 Å². The van der Waals surface area contributed by atoms with Crippen LogP contribution in [0.15, 0.2) is 103 Å². The number of ether oxygens (including phenoxy) is 2. The summed E-state index contributed by atoms with van der Waals surface area (Å²) in [6, 6.07) is 28.4. The van der Waals surface area contributed by atoms with Gasteiger partial charge in [0.05, 0.1) is 12.1 Å². The highest BCUT2D eigenvalue weighted by molar-refractivity contribution is 6.32.